The van der Waals surface area contributed by atoms with Crippen LogP contribution in [0.2, 0.25) is 0 Å². The maximum absolute atomic E-state index is 14.3. The van der Waals surface area contributed by atoms with Gasteiger partial charge in [0.2, 0.25) is 0 Å². The van der Waals surface area contributed by atoms with Crippen molar-refractivity contribution in [1.29, 1.82) is 0 Å². The molecule has 1 aliphatic rings. The topological polar surface area (TPSA) is 18.5 Å². The van der Waals surface area contributed by atoms with E-state index in [-0.39, 0.29) is 5.82 Å². The molecule has 1 heterocycles. The van der Waals surface area contributed by atoms with Crippen molar-refractivity contribution in [2.75, 3.05) is 38.6 Å². The van der Waals surface area contributed by atoms with E-state index in [1.807, 2.05) is 19.2 Å². The molecule has 0 aromatic heterocycles. The Hall–Kier alpha value is -1.13. The zero-order chi connectivity index (χ0) is 14.5. The molecule has 0 unspecified atom stereocenters. The second-order valence-electron chi connectivity index (χ2n) is 5.71. The highest BCUT2D eigenvalue weighted by atomic mass is 19.1. The van der Waals surface area contributed by atoms with E-state index in [9.17, 15) is 4.39 Å². The summed E-state index contributed by atoms with van der Waals surface area (Å²) in [6.45, 7) is 5.87. The third-order valence-corrected chi connectivity index (χ3v) is 4.21. The van der Waals surface area contributed by atoms with Gasteiger partial charge in [-0.1, -0.05) is 13.0 Å². The van der Waals surface area contributed by atoms with Crippen LogP contribution in [0.1, 0.15) is 25.3 Å². The normalized spacial score (nSPS) is 17.4. The molecule has 0 aliphatic carbocycles. The maximum atomic E-state index is 14.3. The fraction of sp³-hybridized carbons (Fsp3) is 0.625. The Balaban J connectivity index is 2.04. The molecular weight excluding hydrogens is 253 g/mol. The Morgan fingerprint density at radius 2 is 2.05 bits per heavy atom. The smallest absolute Gasteiger partial charge is 0.146 e. The molecule has 1 aliphatic heterocycles. The predicted molar refractivity (Wildman–Crippen MR) is 82.7 cm³/mol. The average molecular weight is 279 g/mol. The van der Waals surface area contributed by atoms with Crippen molar-refractivity contribution in [3.05, 3.63) is 29.6 Å². The molecule has 112 valence electrons. The van der Waals surface area contributed by atoms with Gasteiger partial charge in [-0.25, -0.2) is 4.39 Å². The monoisotopic (exact) mass is 279 g/mol. The number of hydrogen-bond donors (Lipinski definition) is 1. The van der Waals surface area contributed by atoms with Crippen LogP contribution in [-0.2, 0) is 6.54 Å². The van der Waals surface area contributed by atoms with Crippen LogP contribution in [-0.4, -0.2) is 44.7 Å². The van der Waals surface area contributed by atoms with Crippen molar-refractivity contribution in [3.63, 3.8) is 0 Å². The zero-order valence-corrected chi connectivity index (χ0v) is 12.8. The van der Waals surface area contributed by atoms with Crippen LogP contribution in [0.15, 0.2) is 18.2 Å². The highest BCUT2D eigenvalue weighted by Crippen LogP contribution is 2.25. The molecular formula is C16H26FN3. The third-order valence-electron chi connectivity index (χ3n) is 4.21. The molecule has 2 rings (SSSR count). The molecule has 0 saturated carbocycles. The number of anilines is 1. The van der Waals surface area contributed by atoms with Gasteiger partial charge in [-0.2, -0.15) is 0 Å². The highest BCUT2D eigenvalue weighted by Gasteiger charge is 2.22. The summed E-state index contributed by atoms with van der Waals surface area (Å²) in [5, 5.41) is 3.22. The number of piperidine rings is 1. The zero-order valence-electron chi connectivity index (χ0n) is 12.8. The molecule has 3 nitrogen and oxygen atoms in total. The lowest BCUT2D eigenvalue weighted by atomic mass is 10.0. The largest absolute Gasteiger partial charge is 0.369 e. The summed E-state index contributed by atoms with van der Waals surface area (Å²) in [6.07, 6.45) is 2.21. The lowest BCUT2D eigenvalue weighted by Gasteiger charge is -2.36. The highest BCUT2D eigenvalue weighted by molar-refractivity contribution is 5.49. The maximum Gasteiger partial charge on any atom is 0.146 e. The molecule has 0 amide bonds. The van der Waals surface area contributed by atoms with Gasteiger partial charge in [0.05, 0.1) is 5.69 Å². The Kier molecular flexibility index (Phi) is 5.38. The molecule has 0 atom stereocenters. The molecule has 1 fully saturated rings. The Morgan fingerprint density at radius 3 is 2.65 bits per heavy atom. The minimum atomic E-state index is -0.109. The van der Waals surface area contributed by atoms with Crippen molar-refractivity contribution >= 4 is 5.69 Å². The van der Waals surface area contributed by atoms with E-state index in [2.05, 4.69) is 29.1 Å². The minimum absolute atomic E-state index is 0.109. The summed E-state index contributed by atoms with van der Waals surface area (Å²) in [5.41, 5.74) is 1.73. The summed E-state index contributed by atoms with van der Waals surface area (Å²) in [7, 11) is 4.16. The van der Waals surface area contributed by atoms with Crippen LogP contribution in [0.5, 0.6) is 0 Å². The lowest BCUT2D eigenvalue weighted by Crippen LogP contribution is -2.42. The van der Waals surface area contributed by atoms with Crippen LogP contribution in [0.3, 0.4) is 0 Å². The molecule has 1 saturated heterocycles. The second kappa shape index (κ2) is 7.04. The molecule has 0 spiro atoms. The van der Waals surface area contributed by atoms with Crippen LogP contribution in [0.4, 0.5) is 10.1 Å². The van der Waals surface area contributed by atoms with Crippen LogP contribution >= 0.6 is 0 Å². The molecule has 1 N–H and O–H groups in total. The van der Waals surface area contributed by atoms with Crippen LogP contribution in [0, 0.1) is 5.82 Å². The lowest BCUT2D eigenvalue weighted by molar-refractivity contribution is 0.252. The van der Waals surface area contributed by atoms with Crippen molar-refractivity contribution in [3.8, 4) is 0 Å². The first-order chi connectivity index (χ1) is 9.61. The Labute approximate surface area is 121 Å². The fourth-order valence-electron chi connectivity index (χ4n) is 2.79. The first-order valence-corrected chi connectivity index (χ1v) is 7.52. The minimum Gasteiger partial charge on any atom is -0.369 e. The van der Waals surface area contributed by atoms with E-state index < -0.39 is 0 Å². The first-order valence-electron chi connectivity index (χ1n) is 7.52. The number of benzene rings is 1. The summed E-state index contributed by atoms with van der Waals surface area (Å²) in [4.78, 5) is 4.44. The number of nitrogens with one attached hydrogen (secondary N) is 1. The van der Waals surface area contributed by atoms with Gasteiger partial charge in [-0.05, 0) is 57.2 Å². The number of hydrogen-bond acceptors (Lipinski definition) is 3. The van der Waals surface area contributed by atoms with Gasteiger partial charge >= 0.3 is 0 Å². The Morgan fingerprint density at radius 1 is 1.35 bits per heavy atom. The predicted octanol–water partition coefficient (Wildman–Crippen LogP) is 2.47. The fourth-order valence-corrected chi connectivity index (χ4v) is 2.79. The number of halogens is 1. The first kappa shape index (κ1) is 15.3. The molecule has 0 radical (unpaired) electrons. The molecule has 4 heteroatoms. The van der Waals surface area contributed by atoms with Gasteiger partial charge in [0.25, 0.3) is 0 Å². The van der Waals surface area contributed by atoms with E-state index in [1.54, 1.807) is 6.07 Å². The van der Waals surface area contributed by atoms with Crippen LogP contribution < -0.4 is 10.2 Å². The summed E-state index contributed by atoms with van der Waals surface area (Å²) < 4.78 is 14.3. The molecule has 1 aromatic rings. The van der Waals surface area contributed by atoms with E-state index in [0.717, 1.165) is 50.3 Å². The number of nitrogens with zero attached hydrogens (tertiary/aromatic N) is 2. The quantitative estimate of drug-likeness (QED) is 0.893. The second-order valence-corrected chi connectivity index (χ2v) is 5.71. The van der Waals surface area contributed by atoms with Crippen molar-refractivity contribution in [2.24, 2.45) is 0 Å². The van der Waals surface area contributed by atoms with E-state index in [4.69, 9.17) is 0 Å². The SMILES string of the molecule is CCNCc1ccc(N(C)C2CCN(C)CC2)c(F)c1. The van der Waals surface area contributed by atoms with E-state index in [1.165, 1.54) is 0 Å². The molecule has 1 aromatic carbocycles. The van der Waals surface area contributed by atoms with Gasteiger partial charge in [0.1, 0.15) is 5.82 Å². The van der Waals surface area contributed by atoms with Gasteiger partial charge in [-0.3, -0.25) is 0 Å². The standard InChI is InChI=1S/C16H26FN3/c1-4-18-12-13-5-6-16(15(17)11-13)20(3)14-7-9-19(2)10-8-14/h5-6,11,14,18H,4,7-10,12H2,1-3H3. The van der Waals surface area contributed by atoms with Gasteiger partial charge in [-0.15, -0.1) is 0 Å². The van der Waals surface area contributed by atoms with Gasteiger partial charge in [0, 0.05) is 19.6 Å². The van der Waals surface area contributed by atoms with E-state index in [0.29, 0.717) is 6.04 Å². The number of likely N-dealkylation sites (tertiary alicyclic amines) is 1. The summed E-state index contributed by atoms with van der Waals surface area (Å²) >= 11 is 0. The number of rotatable bonds is 5. The van der Waals surface area contributed by atoms with Crippen molar-refractivity contribution in [2.45, 2.75) is 32.4 Å². The third kappa shape index (κ3) is 3.70. The van der Waals surface area contributed by atoms with E-state index >= 15 is 0 Å². The molecule has 0 bridgehead atoms. The van der Waals surface area contributed by atoms with Crippen molar-refractivity contribution in [1.82, 2.24) is 10.2 Å². The molecule has 20 heavy (non-hydrogen) atoms. The van der Waals surface area contributed by atoms with Gasteiger partial charge in [0.15, 0.2) is 0 Å². The summed E-state index contributed by atoms with van der Waals surface area (Å²) in [6, 6.07) is 6.04. The van der Waals surface area contributed by atoms with Crippen molar-refractivity contribution < 1.29 is 4.39 Å². The van der Waals surface area contributed by atoms with Crippen LogP contribution in [0.25, 0.3) is 0 Å². The average Bonchev–Trinajstić information content (AvgIpc) is 2.45. The van der Waals surface area contributed by atoms with Gasteiger partial charge < -0.3 is 15.1 Å². The summed E-state index contributed by atoms with van der Waals surface area (Å²) in [5.74, 6) is -0.109. The Bertz CT molecular complexity index is 428.